The van der Waals surface area contributed by atoms with Crippen LogP contribution in [-0.4, -0.2) is 21.1 Å². The van der Waals surface area contributed by atoms with E-state index >= 15 is 0 Å². The summed E-state index contributed by atoms with van der Waals surface area (Å²) >= 11 is 2.82. The van der Waals surface area contributed by atoms with E-state index in [4.69, 9.17) is 0 Å². The smallest absolute Gasteiger partial charge is 0.267 e. The van der Waals surface area contributed by atoms with Crippen molar-refractivity contribution in [1.29, 1.82) is 0 Å². The maximum atomic E-state index is 12.1. The first-order chi connectivity index (χ1) is 10.8. The van der Waals surface area contributed by atoms with E-state index in [1.165, 1.54) is 22.7 Å². The molecule has 3 heterocycles. The fourth-order valence-electron chi connectivity index (χ4n) is 2.13. The topological polar surface area (TPSA) is 70.7 Å². The summed E-state index contributed by atoms with van der Waals surface area (Å²) < 4.78 is 0.938. The van der Waals surface area contributed by atoms with Crippen molar-refractivity contribution in [3.05, 3.63) is 52.7 Å². The summed E-state index contributed by atoms with van der Waals surface area (Å²) in [7, 11) is 0. The van der Waals surface area contributed by atoms with Gasteiger partial charge in [-0.15, -0.1) is 11.3 Å². The second-order valence-electron chi connectivity index (χ2n) is 4.57. The van der Waals surface area contributed by atoms with Crippen LogP contribution in [0.3, 0.4) is 0 Å². The Morgan fingerprint density at radius 3 is 2.77 bits per heavy atom. The van der Waals surface area contributed by atoms with Crippen LogP contribution < -0.4 is 5.32 Å². The molecule has 0 bridgehead atoms. The minimum Gasteiger partial charge on any atom is -0.297 e. The lowest BCUT2D eigenvalue weighted by molar-refractivity contribution is 0.103. The largest absolute Gasteiger partial charge is 0.297 e. The van der Waals surface area contributed by atoms with Gasteiger partial charge in [0.15, 0.2) is 10.8 Å². The number of amides is 1. The van der Waals surface area contributed by atoms with Crippen LogP contribution in [0.5, 0.6) is 0 Å². The highest BCUT2D eigenvalue weighted by Gasteiger charge is 2.15. The number of aromatic amines is 1. The van der Waals surface area contributed by atoms with Crippen LogP contribution in [-0.2, 0) is 0 Å². The van der Waals surface area contributed by atoms with Crippen LogP contribution >= 0.6 is 22.7 Å². The molecular formula is C15H10N4OS2. The average Bonchev–Trinajstić information content (AvgIpc) is 3.24. The third-order valence-corrected chi connectivity index (χ3v) is 4.98. The number of rotatable bonds is 3. The quantitative estimate of drug-likeness (QED) is 0.598. The molecule has 0 atom stereocenters. The molecule has 0 unspecified atom stereocenters. The zero-order chi connectivity index (χ0) is 14.9. The summed E-state index contributed by atoms with van der Waals surface area (Å²) in [5.41, 5.74) is 2.58. The predicted molar refractivity (Wildman–Crippen MR) is 89.5 cm³/mol. The number of anilines is 1. The van der Waals surface area contributed by atoms with E-state index in [2.05, 4.69) is 20.5 Å². The molecule has 4 rings (SSSR count). The summed E-state index contributed by atoms with van der Waals surface area (Å²) in [5.74, 6) is -0.142. The van der Waals surface area contributed by atoms with Crippen LogP contribution in [0.15, 0.2) is 47.8 Å². The molecule has 0 aliphatic carbocycles. The zero-order valence-electron chi connectivity index (χ0n) is 11.2. The number of hydrogen-bond acceptors (Lipinski definition) is 5. The van der Waals surface area contributed by atoms with Gasteiger partial charge in [0.25, 0.3) is 5.91 Å². The standard InChI is InChI=1S/C15H10N4OS2/c20-14(10-7-4-8-21-10)17-15-16-13-12(22-15)11(18-19-13)9-5-2-1-3-6-9/h1-8H,(H2,16,17,18,19,20). The van der Waals surface area contributed by atoms with E-state index in [9.17, 15) is 4.79 Å². The van der Waals surface area contributed by atoms with Crippen LogP contribution in [0.4, 0.5) is 5.13 Å². The SMILES string of the molecule is O=C(Nc1nc2n[nH]c(-c3ccccc3)c2s1)c1cccs1. The second-order valence-corrected chi connectivity index (χ2v) is 6.51. The summed E-state index contributed by atoms with van der Waals surface area (Å²) in [6, 6.07) is 13.6. The summed E-state index contributed by atoms with van der Waals surface area (Å²) in [5, 5.41) is 12.5. The van der Waals surface area contributed by atoms with Crippen LogP contribution in [0, 0.1) is 0 Å². The van der Waals surface area contributed by atoms with E-state index in [0.29, 0.717) is 15.7 Å². The molecule has 1 aromatic carbocycles. The Kier molecular flexibility index (Phi) is 3.21. The molecule has 4 aromatic rings. The van der Waals surface area contributed by atoms with Crippen LogP contribution in [0.25, 0.3) is 21.6 Å². The van der Waals surface area contributed by atoms with Crippen molar-refractivity contribution in [2.45, 2.75) is 0 Å². The van der Waals surface area contributed by atoms with Gasteiger partial charge in [0, 0.05) is 5.56 Å². The first kappa shape index (κ1) is 13.2. The molecule has 3 aromatic heterocycles. The first-order valence-corrected chi connectivity index (χ1v) is 8.26. The van der Waals surface area contributed by atoms with E-state index in [-0.39, 0.29) is 5.91 Å². The molecule has 0 radical (unpaired) electrons. The Morgan fingerprint density at radius 1 is 1.14 bits per heavy atom. The summed E-state index contributed by atoms with van der Waals surface area (Å²) in [4.78, 5) is 17.1. The molecule has 0 fully saturated rings. The lowest BCUT2D eigenvalue weighted by Gasteiger charge is -1.98. The number of H-pyrrole nitrogens is 1. The number of thiazole rings is 1. The van der Waals surface area contributed by atoms with Gasteiger partial charge in [0.2, 0.25) is 0 Å². The van der Waals surface area contributed by atoms with Gasteiger partial charge in [-0.1, -0.05) is 47.7 Å². The highest BCUT2D eigenvalue weighted by atomic mass is 32.1. The number of hydrogen-bond donors (Lipinski definition) is 2. The molecule has 7 heteroatoms. The maximum Gasteiger partial charge on any atom is 0.267 e. The summed E-state index contributed by atoms with van der Waals surface area (Å²) in [6.45, 7) is 0. The number of nitrogens with one attached hydrogen (secondary N) is 2. The third kappa shape index (κ3) is 2.30. The van der Waals surface area contributed by atoms with Crippen molar-refractivity contribution in [2.75, 3.05) is 5.32 Å². The molecule has 0 aliphatic heterocycles. The Hall–Kier alpha value is -2.51. The molecule has 22 heavy (non-hydrogen) atoms. The number of aromatic nitrogens is 3. The molecule has 5 nitrogen and oxygen atoms in total. The zero-order valence-corrected chi connectivity index (χ0v) is 12.9. The molecule has 0 saturated carbocycles. The fourth-order valence-corrected chi connectivity index (χ4v) is 3.67. The molecule has 0 saturated heterocycles. The molecule has 2 N–H and O–H groups in total. The third-order valence-electron chi connectivity index (χ3n) is 3.14. The first-order valence-electron chi connectivity index (χ1n) is 6.56. The van der Waals surface area contributed by atoms with Crippen molar-refractivity contribution in [3.63, 3.8) is 0 Å². The van der Waals surface area contributed by atoms with E-state index in [1.807, 2.05) is 41.8 Å². The molecule has 0 spiro atoms. The Bertz CT molecular complexity index is 925. The number of fused-ring (bicyclic) bond motifs is 1. The Morgan fingerprint density at radius 2 is 2.00 bits per heavy atom. The van der Waals surface area contributed by atoms with Crippen LogP contribution in [0.1, 0.15) is 9.67 Å². The van der Waals surface area contributed by atoms with Gasteiger partial charge in [0.05, 0.1) is 10.6 Å². The van der Waals surface area contributed by atoms with E-state index in [0.717, 1.165) is 16.0 Å². The molecular weight excluding hydrogens is 316 g/mol. The second kappa shape index (κ2) is 5.36. The van der Waals surface area contributed by atoms with Gasteiger partial charge in [-0.05, 0) is 11.4 Å². The highest BCUT2D eigenvalue weighted by Crippen LogP contribution is 2.33. The van der Waals surface area contributed by atoms with Crippen molar-refractivity contribution in [2.24, 2.45) is 0 Å². The van der Waals surface area contributed by atoms with E-state index < -0.39 is 0 Å². The lowest BCUT2D eigenvalue weighted by atomic mass is 10.2. The van der Waals surface area contributed by atoms with Gasteiger partial charge in [-0.3, -0.25) is 15.2 Å². The van der Waals surface area contributed by atoms with Gasteiger partial charge in [-0.25, -0.2) is 0 Å². The van der Waals surface area contributed by atoms with Crippen molar-refractivity contribution < 1.29 is 4.79 Å². The number of carbonyl (C=O) groups excluding carboxylic acids is 1. The minimum atomic E-state index is -0.142. The van der Waals surface area contributed by atoms with E-state index in [1.54, 1.807) is 6.07 Å². The van der Waals surface area contributed by atoms with Gasteiger partial charge in [0.1, 0.15) is 4.70 Å². The monoisotopic (exact) mass is 326 g/mol. The molecule has 1 amide bonds. The maximum absolute atomic E-state index is 12.1. The average molecular weight is 326 g/mol. The van der Waals surface area contributed by atoms with Crippen LogP contribution in [0.2, 0.25) is 0 Å². The fraction of sp³-hybridized carbons (Fsp3) is 0. The number of benzene rings is 1. The molecule has 108 valence electrons. The number of nitrogens with zero attached hydrogens (tertiary/aromatic N) is 2. The summed E-state index contributed by atoms with van der Waals surface area (Å²) in [6.07, 6.45) is 0. The Labute approximate surface area is 133 Å². The number of carbonyl (C=O) groups is 1. The normalized spacial score (nSPS) is 10.9. The van der Waals surface area contributed by atoms with Gasteiger partial charge >= 0.3 is 0 Å². The highest BCUT2D eigenvalue weighted by molar-refractivity contribution is 7.23. The molecule has 0 aliphatic rings. The van der Waals surface area contributed by atoms with Gasteiger partial charge < -0.3 is 0 Å². The number of thiophene rings is 1. The minimum absolute atomic E-state index is 0.142. The Balaban J connectivity index is 1.67. The lowest BCUT2D eigenvalue weighted by Crippen LogP contribution is -2.09. The predicted octanol–water partition coefficient (Wildman–Crippen LogP) is 4.00. The van der Waals surface area contributed by atoms with Crippen molar-refractivity contribution in [3.8, 4) is 11.3 Å². The van der Waals surface area contributed by atoms with Crippen molar-refractivity contribution >= 4 is 44.1 Å². The van der Waals surface area contributed by atoms with Crippen molar-refractivity contribution in [1.82, 2.24) is 15.2 Å². The van der Waals surface area contributed by atoms with Gasteiger partial charge in [-0.2, -0.15) is 10.1 Å².